The molecule has 0 saturated heterocycles. The lowest BCUT2D eigenvalue weighted by molar-refractivity contribution is 0.101. The summed E-state index contributed by atoms with van der Waals surface area (Å²) in [6.45, 7) is 2.42. The molecule has 3 rings (SSSR count). The number of rotatable bonds is 7. The van der Waals surface area contributed by atoms with Crippen LogP contribution >= 0.6 is 0 Å². The quantitative estimate of drug-likeness (QED) is 0.483. The number of ether oxygens (including phenoxy) is 2. The zero-order valence-corrected chi connectivity index (χ0v) is 14.8. The fourth-order valence-electron chi connectivity index (χ4n) is 2.69. The summed E-state index contributed by atoms with van der Waals surface area (Å²) in [7, 11) is 1.53. The van der Waals surface area contributed by atoms with Crippen molar-refractivity contribution >= 4 is 16.7 Å². The second-order valence-electron chi connectivity index (χ2n) is 5.88. The van der Waals surface area contributed by atoms with Crippen LogP contribution in [0.4, 0.5) is 0 Å². The smallest absolute Gasteiger partial charge is 0.261 e. The molecule has 0 spiro atoms. The highest BCUT2D eigenvalue weighted by Crippen LogP contribution is 2.28. The third kappa shape index (κ3) is 3.74. The molecule has 6 nitrogen and oxygen atoms in total. The summed E-state index contributed by atoms with van der Waals surface area (Å²) in [5.41, 5.74) is 1.21. The van der Waals surface area contributed by atoms with Crippen LogP contribution in [0.25, 0.3) is 10.9 Å². The first-order valence-corrected chi connectivity index (χ1v) is 8.36. The lowest BCUT2D eigenvalue weighted by Gasteiger charge is -2.12. The fourth-order valence-corrected chi connectivity index (χ4v) is 2.69. The van der Waals surface area contributed by atoms with Gasteiger partial charge in [-0.25, -0.2) is 4.98 Å². The molecule has 2 aromatic carbocycles. The molecule has 0 amide bonds. The molecule has 0 radical (unpaired) electrons. The van der Waals surface area contributed by atoms with Crippen LogP contribution in [0.5, 0.6) is 11.5 Å². The summed E-state index contributed by atoms with van der Waals surface area (Å²) in [6.07, 6.45) is 2.20. The normalized spacial score (nSPS) is 10.7. The third-order valence-electron chi connectivity index (χ3n) is 4.10. The number of hydrogen-bond acceptors (Lipinski definition) is 5. The van der Waals surface area contributed by atoms with Gasteiger partial charge in [0.05, 0.1) is 30.9 Å². The maximum atomic E-state index is 12.4. The number of para-hydroxylation sites is 1. The average Bonchev–Trinajstić information content (AvgIpc) is 2.66. The molecule has 1 aromatic heterocycles. The van der Waals surface area contributed by atoms with E-state index >= 15 is 0 Å². The molecule has 26 heavy (non-hydrogen) atoms. The Morgan fingerprint density at radius 3 is 2.73 bits per heavy atom. The van der Waals surface area contributed by atoms with Gasteiger partial charge in [-0.05, 0) is 43.7 Å². The highest BCUT2D eigenvalue weighted by molar-refractivity contribution is 5.94. The highest BCUT2D eigenvalue weighted by atomic mass is 16.5. The lowest BCUT2D eigenvalue weighted by atomic mass is 10.1. The van der Waals surface area contributed by atoms with Crippen LogP contribution in [0.1, 0.15) is 23.7 Å². The monoisotopic (exact) mass is 352 g/mol. The first-order valence-electron chi connectivity index (χ1n) is 8.36. The van der Waals surface area contributed by atoms with Crippen molar-refractivity contribution in [3.63, 3.8) is 0 Å². The minimum absolute atomic E-state index is 0.0296. The van der Waals surface area contributed by atoms with E-state index in [-0.39, 0.29) is 11.3 Å². The van der Waals surface area contributed by atoms with Gasteiger partial charge in [0.25, 0.3) is 5.56 Å². The zero-order valence-electron chi connectivity index (χ0n) is 14.8. The molecule has 3 aromatic rings. The Bertz CT molecular complexity index is 995. The van der Waals surface area contributed by atoms with E-state index in [1.54, 1.807) is 35.2 Å². The SMILES string of the molecule is COc1cc(C(C)=O)ccc1OCCCn1cnc2ccccc2c1=O. The predicted molar refractivity (Wildman–Crippen MR) is 99.1 cm³/mol. The van der Waals surface area contributed by atoms with Gasteiger partial charge in [0.2, 0.25) is 0 Å². The third-order valence-corrected chi connectivity index (χ3v) is 4.10. The van der Waals surface area contributed by atoms with Gasteiger partial charge < -0.3 is 9.47 Å². The van der Waals surface area contributed by atoms with Crippen molar-refractivity contribution in [2.45, 2.75) is 19.9 Å². The molecule has 0 unspecified atom stereocenters. The summed E-state index contributed by atoms with van der Waals surface area (Å²) >= 11 is 0. The van der Waals surface area contributed by atoms with Gasteiger partial charge in [-0.15, -0.1) is 0 Å². The largest absolute Gasteiger partial charge is 0.493 e. The van der Waals surface area contributed by atoms with Crippen molar-refractivity contribution in [1.82, 2.24) is 9.55 Å². The van der Waals surface area contributed by atoms with E-state index in [4.69, 9.17) is 9.47 Å². The zero-order chi connectivity index (χ0) is 18.5. The molecule has 0 aliphatic carbocycles. The number of methoxy groups -OCH3 is 1. The molecular formula is C20H20N2O4. The number of benzene rings is 2. The summed E-state index contributed by atoms with van der Waals surface area (Å²) < 4.78 is 12.6. The molecular weight excluding hydrogens is 332 g/mol. The number of carbonyl (C=O) groups is 1. The van der Waals surface area contributed by atoms with Crippen molar-refractivity contribution < 1.29 is 14.3 Å². The van der Waals surface area contributed by atoms with Gasteiger partial charge >= 0.3 is 0 Å². The minimum atomic E-state index is -0.0565. The van der Waals surface area contributed by atoms with Crippen LogP contribution in [-0.4, -0.2) is 29.1 Å². The van der Waals surface area contributed by atoms with Gasteiger partial charge in [0.15, 0.2) is 17.3 Å². The van der Waals surface area contributed by atoms with E-state index in [2.05, 4.69) is 4.98 Å². The molecule has 0 aliphatic rings. The number of aryl methyl sites for hydroxylation is 1. The van der Waals surface area contributed by atoms with Crippen molar-refractivity contribution in [3.05, 3.63) is 64.7 Å². The molecule has 6 heteroatoms. The number of nitrogens with zero attached hydrogens (tertiary/aromatic N) is 2. The second-order valence-corrected chi connectivity index (χ2v) is 5.88. The Balaban J connectivity index is 1.63. The van der Waals surface area contributed by atoms with Gasteiger partial charge in [0.1, 0.15) is 0 Å². The van der Waals surface area contributed by atoms with Crippen LogP contribution in [0.2, 0.25) is 0 Å². The standard InChI is InChI=1S/C20H20N2O4/c1-14(23)15-8-9-18(19(12-15)25-2)26-11-5-10-22-13-21-17-7-4-3-6-16(17)20(22)24/h3-4,6-9,12-13H,5,10-11H2,1-2H3. The van der Waals surface area contributed by atoms with Crippen molar-refractivity contribution in [2.75, 3.05) is 13.7 Å². The predicted octanol–water partition coefficient (Wildman–Crippen LogP) is 3.08. The van der Waals surface area contributed by atoms with E-state index in [9.17, 15) is 9.59 Å². The Morgan fingerprint density at radius 1 is 1.15 bits per heavy atom. The number of hydrogen-bond donors (Lipinski definition) is 0. The molecule has 1 heterocycles. The van der Waals surface area contributed by atoms with Crippen LogP contribution in [0, 0.1) is 0 Å². The van der Waals surface area contributed by atoms with Crippen molar-refractivity contribution in [2.24, 2.45) is 0 Å². The molecule has 0 bridgehead atoms. The van der Waals surface area contributed by atoms with Gasteiger partial charge in [0, 0.05) is 12.1 Å². The van der Waals surface area contributed by atoms with Crippen molar-refractivity contribution in [3.8, 4) is 11.5 Å². The van der Waals surface area contributed by atoms with E-state index < -0.39 is 0 Å². The van der Waals surface area contributed by atoms with Crippen LogP contribution in [0.15, 0.2) is 53.6 Å². The Morgan fingerprint density at radius 2 is 1.96 bits per heavy atom. The first kappa shape index (κ1) is 17.7. The summed E-state index contributed by atoms with van der Waals surface area (Å²) in [5, 5.41) is 0.609. The maximum absolute atomic E-state index is 12.4. The molecule has 134 valence electrons. The second kappa shape index (κ2) is 7.82. The van der Waals surface area contributed by atoms with E-state index in [0.29, 0.717) is 47.5 Å². The van der Waals surface area contributed by atoms with E-state index in [1.807, 2.05) is 18.2 Å². The summed E-state index contributed by atoms with van der Waals surface area (Å²) in [6, 6.07) is 12.4. The first-order chi connectivity index (χ1) is 12.6. The molecule has 0 fully saturated rings. The Labute approximate surface area is 151 Å². The van der Waals surface area contributed by atoms with Gasteiger partial charge in [-0.3, -0.25) is 14.2 Å². The number of Topliss-reactive ketones (excluding diaryl/α,β-unsaturated/α-hetero) is 1. The molecule has 0 atom stereocenters. The molecule has 0 saturated carbocycles. The van der Waals surface area contributed by atoms with Crippen LogP contribution in [-0.2, 0) is 6.54 Å². The molecule has 0 N–H and O–H groups in total. The van der Waals surface area contributed by atoms with E-state index in [1.165, 1.54) is 14.0 Å². The number of ketones is 1. The number of aromatic nitrogens is 2. The van der Waals surface area contributed by atoms with Crippen LogP contribution in [0.3, 0.4) is 0 Å². The van der Waals surface area contributed by atoms with Crippen LogP contribution < -0.4 is 15.0 Å². The Hall–Kier alpha value is -3.15. The lowest BCUT2D eigenvalue weighted by Crippen LogP contribution is -2.21. The summed E-state index contributed by atoms with van der Waals surface area (Å²) in [4.78, 5) is 28.2. The van der Waals surface area contributed by atoms with Crippen molar-refractivity contribution in [1.29, 1.82) is 0 Å². The summed E-state index contributed by atoms with van der Waals surface area (Å²) in [5.74, 6) is 1.06. The maximum Gasteiger partial charge on any atom is 0.261 e. The number of carbonyl (C=O) groups excluding carboxylic acids is 1. The highest BCUT2D eigenvalue weighted by Gasteiger charge is 2.09. The fraction of sp³-hybridized carbons (Fsp3) is 0.250. The molecule has 0 aliphatic heterocycles. The average molecular weight is 352 g/mol. The van der Waals surface area contributed by atoms with Gasteiger partial charge in [-0.1, -0.05) is 12.1 Å². The van der Waals surface area contributed by atoms with E-state index in [0.717, 1.165) is 0 Å². The Kier molecular flexibility index (Phi) is 5.31. The van der Waals surface area contributed by atoms with Gasteiger partial charge in [-0.2, -0.15) is 0 Å². The number of fused-ring (bicyclic) bond motifs is 1. The topological polar surface area (TPSA) is 70.4 Å². The minimum Gasteiger partial charge on any atom is -0.493 e.